The Morgan fingerprint density at radius 1 is 0.744 bits per heavy atom. The van der Waals surface area contributed by atoms with E-state index >= 15 is 0 Å². The van der Waals surface area contributed by atoms with Crippen molar-refractivity contribution in [3.05, 3.63) is 65.7 Å². The van der Waals surface area contributed by atoms with Crippen LogP contribution in [0.15, 0.2) is 54.6 Å². The summed E-state index contributed by atoms with van der Waals surface area (Å²) in [5.74, 6) is 0.350. The molecule has 2 aromatic rings. The second kappa shape index (κ2) is 16.2. The minimum atomic E-state index is -1.61. The highest BCUT2D eigenvalue weighted by atomic mass is 16.7. The van der Waals surface area contributed by atoms with Crippen molar-refractivity contribution < 1.29 is 44.2 Å². The Labute approximate surface area is 250 Å². The minimum Gasteiger partial charge on any atom is -0.458 e. The number of carbonyl (C=O) groups excluding carboxylic acids is 2. The van der Waals surface area contributed by atoms with Crippen molar-refractivity contribution in [1.29, 1.82) is 0 Å². The molecule has 232 valence electrons. The lowest BCUT2D eigenvalue weighted by Gasteiger charge is -2.39. The molecule has 0 radical (unpaired) electrons. The number of rotatable bonds is 3. The van der Waals surface area contributed by atoms with Gasteiger partial charge >= 0.3 is 0 Å². The Balaban J connectivity index is 1.57. The number of aliphatic hydroxyl groups excluding tert-OH is 4. The van der Waals surface area contributed by atoms with Crippen LogP contribution in [0.1, 0.15) is 30.4 Å². The molecule has 2 aromatic carbocycles. The van der Waals surface area contributed by atoms with Gasteiger partial charge in [-0.1, -0.05) is 18.2 Å². The maximum atomic E-state index is 12.4. The van der Waals surface area contributed by atoms with Crippen molar-refractivity contribution in [2.24, 2.45) is 0 Å². The molecule has 12 nitrogen and oxygen atoms in total. The molecule has 3 heterocycles. The summed E-state index contributed by atoms with van der Waals surface area (Å²) in [5, 5.41) is 49.3. The summed E-state index contributed by atoms with van der Waals surface area (Å²) in [6, 6.07) is 11.8. The summed E-state index contributed by atoms with van der Waals surface area (Å²) in [7, 11) is 0. The molecule has 3 aliphatic heterocycles. The molecule has 0 aliphatic carbocycles. The van der Waals surface area contributed by atoms with Crippen LogP contribution >= 0.6 is 0 Å². The second-order valence-corrected chi connectivity index (χ2v) is 10.3. The Morgan fingerprint density at radius 2 is 1.37 bits per heavy atom. The van der Waals surface area contributed by atoms with E-state index in [0.29, 0.717) is 24.4 Å². The zero-order valence-electron chi connectivity index (χ0n) is 23.7. The summed E-state index contributed by atoms with van der Waals surface area (Å²) in [6.07, 6.45) is 1.42. The quantitative estimate of drug-likeness (QED) is 0.266. The smallest absolute Gasteiger partial charge is 0.243 e. The molecule has 0 aromatic heterocycles. The number of amides is 2. The zero-order valence-corrected chi connectivity index (χ0v) is 23.7. The van der Waals surface area contributed by atoms with Gasteiger partial charge in [0.2, 0.25) is 18.1 Å². The third kappa shape index (κ3) is 9.61. The molecule has 7 N–H and O–H groups in total. The Morgan fingerprint density at radius 3 is 2.09 bits per heavy atom. The maximum absolute atomic E-state index is 12.4. The summed E-state index contributed by atoms with van der Waals surface area (Å²) >= 11 is 0. The summed E-state index contributed by atoms with van der Waals surface area (Å²) in [6.45, 7) is 2.09. The van der Waals surface area contributed by atoms with Gasteiger partial charge in [0.1, 0.15) is 30.2 Å². The lowest BCUT2D eigenvalue weighted by molar-refractivity contribution is -0.277. The molecule has 0 spiro atoms. The predicted octanol–water partition coefficient (Wildman–Crippen LogP) is 0.690. The van der Waals surface area contributed by atoms with Crippen molar-refractivity contribution in [3.63, 3.8) is 0 Å². The van der Waals surface area contributed by atoms with Gasteiger partial charge in [0.25, 0.3) is 0 Å². The number of nitrogens with one attached hydrogen (secondary N) is 3. The lowest BCUT2D eigenvalue weighted by Crippen LogP contribution is -2.60. The number of hydrogen-bond acceptors (Lipinski definition) is 10. The van der Waals surface area contributed by atoms with Gasteiger partial charge in [0, 0.05) is 25.2 Å². The van der Waals surface area contributed by atoms with E-state index in [1.807, 2.05) is 0 Å². The van der Waals surface area contributed by atoms with E-state index in [4.69, 9.17) is 14.2 Å². The summed E-state index contributed by atoms with van der Waals surface area (Å²) < 4.78 is 17.5. The number of hydrogen-bond donors (Lipinski definition) is 7. The highest BCUT2D eigenvalue weighted by molar-refractivity contribution is 5.92. The largest absolute Gasteiger partial charge is 0.458 e. The standard InChI is InChI=1S/C31H39N3O9/c35-19-25-28(38)29(39)30(40)31(43-25)42-23-11-6-21-8-13-27(37)33-16-2-1-14-32-15-3-17-34-26(36)12-7-20-4-9-22(10-5-20)41-24(23)18-21/h4-13,18,25,28-32,35,38-40H,1-3,14-17,19H2,(H,33,37)(H,34,36)/b12-7+,13-8?/t25-,28-,29+,30-,31-/m1/s1. The van der Waals surface area contributed by atoms with Gasteiger partial charge < -0.3 is 50.6 Å². The van der Waals surface area contributed by atoms with Crippen LogP contribution in [0.2, 0.25) is 0 Å². The van der Waals surface area contributed by atoms with Crippen molar-refractivity contribution in [1.82, 2.24) is 16.0 Å². The molecule has 2 amide bonds. The Bertz CT molecular complexity index is 1270. The van der Waals surface area contributed by atoms with E-state index in [0.717, 1.165) is 37.9 Å². The highest BCUT2D eigenvalue weighted by Crippen LogP contribution is 2.35. The van der Waals surface area contributed by atoms with E-state index in [1.54, 1.807) is 54.6 Å². The number of benzene rings is 2. The number of carbonyl (C=O) groups is 2. The number of aliphatic hydroxyl groups is 4. The fraction of sp³-hybridized carbons (Fsp3) is 0.419. The van der Waals surface area contributed by atoms with Gasteiger partial charge in [-0.15, -0.1) is 0 Å². The molecule has 12 heteroatoms. The summed E-state index contributed by atoms with van der Waals surface area (Å²) in [4.78, 5) is 24.5. The first kappa shape index (κ1) is 32.1. The fourth-order valence-electron chi connectivity index (χ4n) is 4.47. The third-order valence-corrected chi connectivity index (χ3v) is 6.93. The minimum absolute atomic E-state index is 0.140. The molecule has 1 saturated heterocycles. The Hall–Kier alpha value is -3.78. The third-order valence-electron chi connectivity index (χ3n) is 6.93. The normalized spacial score (nSPS) is 26.8. The van der Waals surface area contributed by atoms with E-state index in [1.165, 1.54) is 12.2 Å². The number of ether oxygens (including phenoxy) is 3. The molecule has 4 bridgehead atoms. The van der Waals surface area contributed by atoms with Crippen LogP contribution in [0.3, 0.4) is 0 Å². The first-order chi connectivity index (χ1) is 20.8. The van der Waals surface area contributed by atoms with Crippen LogP contribution in [0.4, 0.5) is 0 Å². The van der Waals surface area contributed by atoms with Crippen molar-refractivity contribution in [2.75, 3.05) is 32.8 Å². The Kier molecular flexibility index (Phi) is 12.1. The van der Waals surface area contributed by atoms with Gasteiger partial charge in [-0.3, -0.25) is 9.59 Å². The molecular formula is C31H39N3O9. The summed E-state index contributed by atoms with van der Waals surface area (Å²) in [5.41, 5.74) is 1.40. The predicted molar refractivity (Wildman–Crippen MR) is 158 cm³/mol. The van der Waals surface area contributed by atoms with Crippen LogP contribution in [0.5, 0.6) is 17.2 Å². The van der Waals surface area contributed by atoms with E-state index < -0.39 is 37.3 Å². The molecule has 0 saturated carbocycles. The lowest BCUT2D eigenvalue weighted by atomic mass is 9.99. The van der Waals surface area contributed by atoms with Crippen molar-refractivity contribution in [2.45, 2.75) is 50.0 Å². The SMILES string of the molecule is O=C1C=Cc2ccc(O[C@@H]3O[C@H](CO)[C@@H](O)[C@H](O)[C@H]3O)c(c2)Oc2ccc(cc2)/C=C/C(=O)NCCCNCCCCN1. The molecule has 5 atom stereocenters. The van der Waals surface area contributed by atoms with Gasteiger partial charge in [-0.2, -0.15) is 0 Å². The van der Waals surface area contributed by atoms with Crippen LogP contribution < -0.4 is 25.4 Å². The molecule has 3 aliphatic rings. The molecule has 1 fully saturated rings. The van der Waals surface area contributed by atoms with E-state index in [9.17, 15) is 30.0 Å². The van der Waals surface area contributed by atoms with Crippen LogP contribution in [-0.2, 0) is 14.3 Å². The van der Waals surface area contributed by atoms with E-state index in [2.05, 4.69) is 16.0 Å². The van der Waals surface area contributed by atoms with Crippen LogP contribution in [0, 0.1) is 0 Å². The maximum Gasteiger partial charge on any atom is 0.243 e. The average Bonchev–Trinajstić information content (AvgIpc) is 3.01. The van der Waals surface area contributed by atoms with E-state index in [-0.39, 0.29) is 23.3 Å². The second-order valence-electron chi connectivity index (χ2n) is 10.3. The fourth-order valence-corrected chi connectivity index (χ4v) is 4.47. The van der Waals surface area contributed by atoms with Gasteiger partial charge in [-0.05, 0) is 79.9 Å². The first-order valence-electron chi connectivity index (χ1n) is 14.4. The van der Waals surface area contributed by atoms with Gasteiger partial charge in [0.15, 0.2) is 11.5 Å². The monoisotopic (exact) mass is 597 g/mol. The molecule has 43 heavy (non-hydrogen) atoms. The highest BCUT2D eigenvalue weighted by Gasteiger charge is 2.45. The van der Waals surface area contributed by atoms with Crippen LogP contribution in [0.25, 0.3) is 12.2 Å². The first-order valence-corrected chi connectivity index (χ1v) is 14.4. The van der Waals surface area contributed by atoms with Gasteiger partial charge in [-0.25, -0.2) is 0 Å². The topological polar surface area (TPSA) is 179 Å². The van der Waals surface area contributed by atoms with Gasteiger partial charge in [0.05, 0.1) is 6.61 Å². The van der Waals surface area contributed by atoms with Crippen molar-refractivity contribution in [3.8, 4) is 17.2 Å². The number of fused-ring (bicyclic) bond motifs is 15. The van der Waals surface area contributed by atoms with Crippen LogP contribution in [-0.4, -0.2) is 95.7 Å². The molecule has 0 unspecified atom stereocenters. The van der Waals surface area contributed by atoms with Crippen molar-refractivity contribution >= 4 is 24.0 Å². The molecule has 5 rings (SSSR count). The molecular weight excluding hydrogens is 558 g/mol. The zero-order chi connectivity index (χ0) is 30.6. The average molecular weight is 598 g/mol.